The first kappa shape index (κ1) is 16.0. The fourth-order valence-electron chi connectivity index (χ4n) is 2.09. The van der Waals surface area contributed by atoms with E-state index < -0.39 is 5.41 Å². The monoisotopic (exact) mass is 271 g/mol. The summed E-state index contributed by atoms with van der Waals surface area (Å²) in [5.41, 5.74) is -0.577. The van der Waals surface area contributed by atoms with Crippen LogP contribution in [0.3, 0.4) is 0 Å². The summed E-state index contributed by atoms with van der Waals surface area (Å²) in [7, 11) is 0. The van der Waals surface area contributed by atoms with Gasteiger partial charge in [-0.25, -0.2) is 0 Å². The first-order valence-electron chi connectivity index (χ1n) is 6.94. The number of carbonyl (C=O) groups excluding carboxylic acids is 2. The Morgan fingerprint density at radius 2 is 1.89 bits per heavy atom. The van der Waals surface area contributed by atoms with Gasteiger partial charge >= 0.3 is 11.9 Å². The molecule has 1 heterocycles. The van der Waals surface area contributed by atoms with Crippen molar-refractivity contribution in [2.75, 3.05) is 19.9 Å². The van der Waals surface area contributed by atoms with Crippen LogP contribution in [-0.2, 0) is 19.1 Å². The summed E-state index contributed by atoms with van der Waals surface area (Å²) in [6, 6.07) is -0.188. The Bertz CT molecular complexity index is 322. The van der Waals surface area contributed by atoms with E-state index in [9.17, 15) is 9.59 Å². The molecule has 1 atom stereocenters. The lowest BCUT2D eigenvalue weighted by atomic mass is 9.98. The van der Waals surface area contributed by atoms with Crippen molar-refractivity contribution in [3.8, 4) is 0 Å². The minimum absolute atomic E-state index is 0.188. The van der Waals surface area contributed by atoms with E-state index in [0.717, 1.165) is 32.4 Å². The van der Waals surface area contributed by atoms with E-state index in [0.29, 0.717) is 0 Å². The van der Waals surface area contributed by atoms with Crippen molar-refractivity contribution < 1.29 is 19.1 Å². The Morgan fingerprint density at radius 3 is 2.47 bits per heavy atom. The van der Waals surface area contributed by atoms with Crippen LogP contribution in [0.15, 0.2) is 0 Å². The molecule has 0 aromatic carbocycles. The van der Waals surface area contributed by atoms with Gasteiger partial charge in [0, 0.05) is 0 Å². The van der Waals surface area contributed by atoms with Crippen molar-refractivity contribution in [2.24, 2.45) is 5.41 Å². The van der Waals surface area contributed by atoms with Crippen LogP contribution in [0, 0.1) is 5.41 Å². The quantitative estimate of drug-likeness (QED) is 0.578. The molecule has 0 spiro atoms. The number of nitrogens with zero attached hydrogens (tertiary/aromatic N) is 1. The van der Waals surface area contributed by atoms with E-state index in [4.69, 9.17) is 9.47 Å². The van der Waals surface area contributed by atoms with Gasteiger partial charge in [0.1, 0.15) is 6.04 Å². The maximum atomic E-state index is 11.9. The molecular formula is C14H25NO4. The zero-order valence-electron chi connectivity index (χ0n) is 12.4. The van der Waals surface area contributed by atoms with Crippen molar-refractivity contribution >= 4 is 11.9 Å². The molecule has 1 aliphatic heterocycles. The van der Waals surface area contributed by atoms with E-state index in [2.05, 4.69) is 4.90 Å². The van der Waals surface area contributed by atoms with Crippen molar-refractivity contribution in [1.29, 1.82) is 0 Å². The van der Waals surface area contributed by atoms with Crippen molar-refractivity contribution in [2.45, 2.75) is 53.0 Å². The molecule has 19 heavy (non-hydrogen) atoms. The summed E-state index contributed by atoms with van der Waals surface area (Å²) in [5, 5.41) is 0. The lowest BCUT2D eigenvalue weighted by Gasteiger charge is -2.32. The van der Waals surface area contributed by atoms with Crippen LogP contribution in [0.1, 0.15) is 47.0 Å². The summed E-state index contributed by atoms with van der Waals surface area (Å²) < 4.78 is 9.99. The van der Waals surface area contributed by atoms with Gasteiger partial charge < -0.3 is 9.47 Å². The Hall–Kier alpha value is -1.10. The molecule has 1 aliphatic rings. The van der Waals surface area contributed by atoms with Gasteiger partial charge in [0.2, 0.25) is 6.79 Å². The zero-order chi connectivity index (χ0) is 14.5. The zero-order valence-corrected chi connectivity index (χ0v) is 12.4. The highest BCUT2D eigenvalue weighted by molar-refractivity contribution is 5.77. The van der Waals surface area contributed by atoms with Gasteiger partial charge in [-0.15, -0.1) is 0 Å². The number of rotatable bonds is 4. The van der Waals surface area contributed by atoms with Gasteiger partial charge in [0.25, 0.3) is 0 Å². The van der Waals surface area contributed by atoms with Gasteiger partial charge in [0.15, 0.2) is 0 Å². The standard InChI is InChI=1S/C14H25NO4/c1-5-15-9-7-6-8-11(15)12(16)18-10-19-13(17)14(2,3)4/h11H,5-10H2,1-4H3/t11-/m0/s1. The number of hydrogen-bond donors (Lipinski definition) is 0. The number of carbonyl (C=O) groups is 2. The second kappa shape index (κ2) is 6.89. The third-order valence-corrected chi connectivity index (χ3v) is 3.30. The van der Waals surface area contributed by atoms with Gasteiger partial charge in [-0.3, -0.25) is 14.5 Å². The van der Waals surface area contributed by atoms with Gasteiger partial charge in [-0.1, -0.05) is 13.3 Å². The number of ether oxygens (including phenoxy) is 2. The highest BCUT2D eigenvalue weighted by atomic mass is 16.7. The summed E-state index contributed by atoms with van der Waals surface area (Å²) >= 11 is 0. The van der Waals surface area contributed by atoms with E-state index in [1.54, 1.807) is 20.8 Å². The van der Waals surface area contributed by atoms with Crippen molar-refractivity contribution in [1.82, 2.24) is 4.90 Å². The van der Waals surface area contributed by atoms with Crippen molar-refractivity contribution in [3.05, 3.63) is 0 Å². The molecule has 0 aliphatic carbocycles. The van der Waals surface area contributed by atoms with Crippen LogP contribution < -0.4 is 0 Å². The van der Waals surface area contributed by atoms with Crippen molar-refractivity contribution in [3.63, 3.8) is 0 Å². The molecule has 0 N–H and O–H groups in total. The van der Waals surface area contributed by atoms with Gasteiger partial charge in [0.05, 0.1) is 5.41 Å². The SMILES string of the molecule is CCN1CCCC[C@H]1C(=O)OCOC(=O)C(C)(C)C. The third-order valence-electron chi connectivity index (χ3n) is 3.30. The van der Waals surface area contributed by atoms with Crippen LogP contribution in [0.2, 0.25) is 0 Å². The minimum Gasteiger partial charge on any atom is -0.427 e. The lowest BCUT2D eigenvalue weighted by molar-refractivity contribution is -0.176. The first-order valence-corrected chi connectivity index (χ1v) is 6.94. The molecule has 0 radical (unpaired) electrons. The van der Waals surface area contributed by atoms with E-state index in [1.165, 1.54) is 0 Å². The van der Waals surface area contributed by atoms with Crippen LogP contribution in [0.25, 0.3) is 0 Å². The molecule has 0 aromatic rings. The number of esters is 2. The maximum Gasteiger partial charge on any atom is 0.326 e. The van der Waals surface area contributed by atoms with Crippen LogP contribution in [0.5, 0.6) is 0 Å². The Balaban J connectivity index is 2.36. The van der Waals surface area contributed by atoms with E-state index in [-0.39, 0.29) is 24.8 Å². The van der Waals surface area contributed by atoms with Crippen LogP contribution >= 0.6 is 0 Å². The average molecular weight is 271 g/mol. The summed E-state index contributed by atoms with van der Waals surface area (Å²) in [4.78, 5) is 25.6. The molecule has 0 bridgehead atoms. The number of likely N-dealkylation sites (N-methyl/N-ethyl adjacent to an activating group) is 1. The predicted octanol–water partition coefficient (Wildman–Crippen LogP) is 1.95. The molecule has 1 fully saturated rings. The fourth-order valence-corrected chi connectivity index (χ4v) is 2.09. The van der Waals surface area contributed by atoms with Gasteiger partial charge in [-0.05, 0) is 46.7 Å². The molecule has 0 saturated carbocycles. The third kappa shape index (κ3) is 4.82. The van der Waals surface area contributed by atoms with Gasteiger partial charge in [-0.2, -0.15) is 0 Å². The molecule has 0 unspecified atom stereocenters. The second-order valence-electron chi connectivity index (χ2n) is 5.90. The van der Waals surface area contributed by atoms with E-state index in [1.807, 2.05) is 6.92 Å². The fraction of sp³-hybridized carbons (Fsp3) is 0.857. The van der Waals surface area contributed by atoms with Crippen LogP contribution in [0.4, 0.5) is 0 Å². The Kier molecular flexibility index (Phi) is 5.79. The minimum atomic E-state index is -0.577. The smallest absolute Gasteiger partial charge is 0.326 e. The lowest BCUT2D eigenvalue weighted by Crippen LogP contribution is -2.45. The number of piperidine rings is 1. The first-order chi connectivity index (χ1) is 8.86. The topological polar surface area (TPSA) is 55.8 Å². The molecule has 0 amide bonds. The molecular weight excluding hydrogens is 246 g/mol. The second-order valence-corrected chi connectivity index (χ2v) is 5.90. The highest BCUT2D eigenvalue weighted by Gasteiger charge is 2.29. The molecule has 1 saturated heterocycles. The Morgan fingerprint density at radius 1 is 1.21 bits per heavy atom. The summed E-state index contributed by atoms with van der Waals surface area (Å²) in [5.74, 6) is -0.653. The average Bonchev–Trinajstić information content (AvgIpc) is 2.37. The summed E-state index contributed by atoms with van der Waals surface area (Å²) in [6.07, 6.45) is 2.98. The molecule has 1 rings (SSSR count). The number of hydrogen-bond acceptors (Lipinski definition) is 5. The molecule has 110 valence electrons. The summed E-state index contributed by atoms with van der Waals surface area (Å²) in [6.45, 7) is 8.79. The highest BCUT2D eigenvalue weighted by Crippen LogP contribution is 2.18. The molecule has 5 heteroatoms. The molecule has 5 nitrogen and oxygen atoms in total. The maximum absolute atomic E-state index is 11.9. The van der Waals surface area contributed by atoms with E-state index >= 15 is 0 Å². The number of likely N-dealkylation sites (tertiary alicyclic amines) is 1. The molecule has 0 aromatic heterocycles. The Labute approximate surface area is 115 Å². The van der Waals surface area contributed by atoms with Crippen LogP contribution in [-0.4, -0.2) is 42.8 Å². The predicted molar refractivity (Wildman–Crippen MR) is 71.4 cm³/mol. The normalized spacial score (nSPS) is 20.9. The largest absolute Gasteiger partial charge is 0.427 e.